The molecule has 4 rings (SSSR count). The quantitative estimate of drug-likeness (QED) is 0.579. The molecule has 0 aliphatic carbocycles. The van der Waals surface area contributed by atoms with E-state index in [1.165, 1.54) is 4.90 Å². The van der Waals surface area contributed by atoms with E-state index in [2.05, 4.69) is 54.6 Å². The van der Waals surface area contributed by atoms with Crippen molar-refractivity contribution in [1.82, 2.24) is 0 Å². The first-order valence-corrected chi connectivity index (χ1v) is 9.00. The Morgan fingerprint density at radius 2 is 1.44 bits per heavy atom. The highest BCUT2D eigenvalue weighted by Crippen LogP contribution is 2.48. The molecule has 0 spiro atoms. The van der Waals surface area contributed by atoms with E-state index in [-0.39, 0.29) is 0 Å². The van der Waals surface area contributed by atoms with E-state index < -0.39 is 6.29 Å². The van der Waals surface area contributed by atoms with Crippen LogP contribution >= 0.6 is 11.8 Å². The van der Waals surface area contributed by atoms with Crippen molar-refractivity contribution in [3.63, 3.8) is 0 Å². The smallest absolute Gasteiger partial charge is 0.227 e. The molecule has 0 fully saturated rings. The van der Waals surface area contributed by atoms with Gasteiger partial charge in [-0.15, -0.1) is 0 Å². The molecular formula is C22H18O2S. The molecule has 0 bridgehead atoms. The number of benzene rings is 3. The second-order valence-electron chi connectivity index (χ2n) is 5.71. The molecule has 0 N–H and O–H groups in total. The van der Waals surface area contributed by atoms with Gasteiger partial charge >= 0.3 is 0 Å². The monoisotopic (exact) mass is 346 g/mol. The Bertz CT molecular complexity index is 888. The van der Waals surface area contributed by atoms with Crippen molar-refractivity contribution in [2.24, 2.45) is 0 Å². The lowest BCUT2D eigenvalue weighted by molar-refractivity contribution is -0.0766. The summed E-state index contributed by atoms with van der Waals surface area (Å²) in [6.07, 6.45) is -0.397. The van der Waals surface area contributed by atoms with Crippen molar-refractivity contribution in [3.05, 3.63) is 102 Å². The largest absolute Gasteiger partial charge is 0.459 e. The fourth-order valence-corrected chi connectivity index (χ4v) is 4.01. The lowest BCUT2D eigenvalue weighted by Crippen LogP contribution is -2.14. The van der Waals surface area contributed by atoms with E-state index in [1.54, 1.807) is 18.9 Å². The minimum atomic E-state index is -0.397. The van der Waals surface area contributed by atoms with Crippen molar-refractivity contribution >= 4 is 22.4 Å². The van der Waals surface area contributed by atoms with Gasteiger partial charge < -0.3 is 9.47 Å². The maximum Gasteiger partial charge on any atom is 0.227 e. The fraction of sp³-hybridized carbons (Fsp3) is 0.0909. The Kier molecular flexibility index (Phi) is 4.59. The first-order valence-electron chi connectivity index (χ1n) is 8.18. The van der Waals surface area contributed by atoms with Gasteiger partial charge in [0.05, 0.1) is 4.91 Å². The van der Waals surface area contributed by atoms with Crippen molar-refractivity contribution in [1.29, 1.82) is 0 Å². The Balaban J connectivity index is 1.89. The maximum atomic E-state index is 6.27. The van der Waals surface area contributed by atoms with Gasteiger partial charge in [-0.3, -0.25) is 0 Å². The lowest BCUT2D eigenvalue weighted by atomic mass is 10.0. The summed E-state index contributed by atoms with van der Waals surface area (Å²) >= 11 is 1.72. The first-order chi connectivity index (χ1) is 12.4. The summed E-state index contributed by atoms with van der Waals surface area (Å²) in [6.45, 7) is 0. The fourth-order valence-electron chi connectivity index (χ4n) is 2.93. The number of rotatable bonds is 4. The summed E-state index contributed by atoms with van der Waals surface area (Å²) in [5.41, 5.74) is 3.27. The highest BCUT2D eigenvalue weighted by molar-refractivity contribution is 8.08. The van der Waals surface area contributed by atoms with Crippen LogP contribution in [0.1, 0.15) is 23.0 Å². The third-order valence-electron chi connectivity index (χ3n) is 4.10. The number of hydrogen-bond acceptors (Lipinski definition) is 3. The molecule has 1 aliphatic heterocycles. The second kappa shape index (κ2) is 7.18. The van der Waals surface area contributed by atoms with Gasteiger partial charge in [0.2, 0.25) is 6.29 Å². The lowest BCUT2D eigenvalue weighted by Gasteiger charge is -2.29. The third-order valence-corrected chi connectivity index (χ3v) is 5.22. The Hall–Kier alpha value is -2.49. The maximum absolute atomic E-state index is 6.27. The van der Waals surface area contributed by atoms with Gasteiger partial charge in [0, 0.05) is 28.7 Å². The average molecular weight is 346 g/mol. The van der Waals surface area contributed by atoms with Crippen LogP contribution in [0.3, 0.4) is 0 Å². The topological polar surface area (TPSA) is 18.5 Å². The van der Waals surface area contributed by atoms with Crippen LogP contribution in [0.2, 0.25) is 0 Å². The third kappa shape index (κ3) is 3.21. The van der Waals surface area contributed by atoms with E-state index in [0.29, 0.717) is 0 Å². The zero-order valence-corrected chi connectivity index (χ0v) is 14.7. The summed E-state index contributed by atoms with van der Waals surface area (Å²) < 4.78 is 11.9. The average Bonchev–Trinajstić information content (AvgIpc) is 2.69. The molecule has 1 heterocycles. The van der Waals surface area contributed by atoms with E-state index in [1.807, 2.05) is 30.3 Å². The van der Waals surface area contributed by atoms with Crippen molar-refractivity contribution in [2.75, 3.05) is 7.11 Å². The SMILES string of the molecule is COC1OC(c2ccccc2)=C(Sc2ccccc2)c2ccccc21. The molecular weight excluding hydrogens is 328 g/mol. The number of hydrogen-bond donors (Lipinski definition) is 0. The molecule has 0 amide bonds. The van der Waals surface area contributed by atoms with Crippen LogP contribution in [0.25, 0.3) is 10.7 Å². The molecule has 3 aromatic carbocycles. The summed E-state index contributed by atoms with van der Waals surface area (Å²) in [5.74, 6) is 0.861. The zero-order valence-electron chi connectivity index (χ0n) is 13.9. The molecule has 0 saturated carbocycles. The zero-order chi connectivity index (χ0) is 17.1. The molecule has 1 unspecified atom stereocenters. The number of fused-ring (bicyclic) bond motifs is 1. The number of methoxy groups -OCH3 is 1. The van der Waals surface area contributed by atoms with Crippen LogP contribution in [0, 0.1) is 0 Å². The van der Waals surface area contributed by atoms with Gasteiger partial charge in [0.15, 0.2) is 0 Å². The van der Waals surface area contributed by atoms with E-state index in [4.69, 9.17) is 9.47 Å². The van der Waals surface area contributed by atoms with Crippen LogP contribution in [0.15, 0.2) is 89.8 Å². The van der Waals surface area contributed by atoms with Gasteiger partial charge in [0.1, 0.15) is 5.76 Å². The predicted molar refractivity (Wildman–Crippen MR) is 103 cm³/mol. The standard InChI is InChI=1S/C22H18O2S/c1-23-22-19-15-9-8-14-18(19)21(25-17-12-6-3-7-13-17)20(24-22)16-10-4-2-5-11-16/h2-15,22H,1H3. The summed E-state index contributed by atoms with van der Waals surface area (Å²) in [6, 6.07) is 28.9. The molecule has 1 atom stereocenters. The number of ether oxygens (including phenoxy) is 2. The summed E-state index contributed by atoms with van der Waals surface area (Å²) in [5, 5.41) is 0. The van der Waals surface area contributed by atoms with Gasteiger partial charge in [-0.05, 0) is 12.1 Å². The second-order valence-corrected chi connectivity index (χ2v) is 6.80. The highest BCUT2D eigenvalue weighted by Gasteiger charge is 2.29. The summed E-state index contributed by atoms with van der Waals surface area (Å²) in [7, 11) is 1.68. The van der Waals surface area contributed by atoms with Crippen LogP contribution in [0.4, 0.5) is 0 Å². The van der Waals surface area contributed by atoms with E-state index in [9.17, 15) is 0 Å². The van der Waals surface area contributed by atoms with Gasteiger partial charge in [-0.1, -0.05) is 84.6 Å². The van der Waals surface area contributed by atoms with Crippen LogP contribution < -0.4 is 0 Å². The predicted octanol–water partition coefficient (Wildman–Crippen LogP) is 5.98. The molecule has 0 aromatic heterocycles. The normalized spacial score (nSPS) is 16.3. The minimum absolute atomic E-state index is 0.397. The Morgan fingerprint density at radius 1 is 0.800 bits per heavy atom. The van der Waals surface area contributed by atoms with Crippen molar-refractivity contribution in [2.45, 2.75) is 11.2 Å². The molecule has 3 aromatic rings. The number of thioether (sulfide) groups is 1. The minimum Gasteiger partial charge on any atom is -0.459 e. The van der Waals surface area contributed by atoms with Crippen molar-refractivity contribution < 1.29 is 9.47 Å². The molecule has 1 aliphatic rings. The molecule has 3 heteroatoms. The van der Waals surface area contributed by atoms with Gasteiger partial charge in [-0.25, -0.2) is 0 Å². The van der Waals surface area contributed by atoms with Crippen LogP contribution in [-0.2, 0) is 9.47 Å². The highest BCUT2D eigenvalue weighted by atomic mass is 32.2. The van der Waals surface area contributed by atoms with Crippen molar-refractivity contribution in [3.8, 4) is 0 Å². The molecule has 2 nitrogen and oxygen atoms in total. The Morgan fingerprint density at radius 3 is 2.16 bits per heavy atom. The Labute approximate surface area is 152 Å². The van der Waals surface area contributed by atoms with Gasteiger partial charge in [0.25, 0.3) is 0 Å². The van der Waals surface area contributed by atoms with E-state index in [0.717, 1.165) is 27.4 Å². The van der Waals surface area contributed by atoms with Gasteiger partial charge in [-0.2, -0.15) is 0 Å². The van der Waals surface area contributed by atoms with E-state index >= 15 is 0 Å². The molecule has 0 radical (unpaired) electrons. The summed E-state index contributed by atoms with van der Waals surface area (Å²) in [4.78, 5) is 2.29. The van der Waals surface area contributed by atoms with Crippen LogP contribution in [0.5, 0.6) is 0 Å². The molecule has 25 heavy (non-hydrogen) atoms. The molecule has 124 valence electrons. The van der Waals surface area contributed by atoms with Crippen LogP contribution in [-0.4, -0.2) is 7.11 Å². The molecule has 0 saturated heterocycles. The first kappa shape index (κ1) is 16.0.